The lowest BCUT2D eigenvalue weighted by molar-refractivity contribution is 0.111. The minimum atomic E-state index is -0.0816. The first-order valence-corrected chi connectivity index (χ1v) is 17.3. The first-order chi connectivity index (χ1) is 24.4. The maximum atomic E-state index is 11.4. The number of carbonyl (C=O) groups excluding carboxylic acids is 2. The summed E-state index contributed by atoms with van der Waals surface area (Å²) in [4.78, 5) is 22.7. The highest BCUT2D eigenvalue weighted by atomic mass is 16.5. The number of fused-ring (bicyclic) bond motifs is 3. The van der Waals surface area contributed by atoms with Crippen LogP contribution in [0.2, 0.25) is 0 Å². The number of hydrogen-bond acceptors (Lipinski definition) is 6. The van der Waals surface area contributed by atoms with E-state index in [9.17, 15) is 19.8 Å². The Morgan fingerprint density at radius 1 is 0.500 bits per heavy atom. The molecule has 0 amide bonds. The molecule has 2 N–H and O–H groups in total. The van der Waals surface area contributed by atoms with E-state index in [1.807, 2.05) is 36.4 Å². The van der Waals surface area contributed by atoms with E-state index in [-0.39, 0.29) is 22.6 Å². The smallest absolute Gasteiger partial charge is 0.169 e. The molecule has 0 aliphatic rings. The van der Waals surface area contributed by atoms with Crippen LogP contribution in [-0.2, 0) is 0 Å². The fraction of sp³-hybridized carbons (Fsp3) is 0.273. The number of benzene rings is 5. The normalized spacial score (nSPS) is 10.6. The second kappa shape index (κ2) is 17.6. The van der Waals surface area contributed by atoms with E-state index < -0.39 is 0 Å². The third-order valence-electron chi connectivity index (χ3n) is 8.52. The number of phenols is 2. The molecule has 254 valence electrons. The second-order valence-electron chi connectivity index (χ2n) is 12.3. The molecule has 0 atom stereocenters. The van der Waals surface area contributed by atoms with E-state index in [1.54, 1.807) is 24.3 Å². The van der Waals surface area contributed by atoms with Crippen LogP contribution in [0, 0.1) is 23.7 Å². The highest BCUT2D eigenvalue weighted by Crippen LogP contribution is 2.44. The molecule has 0 spiro atoms. The van der Waals surface area contributed by atoms with Crippen LogP contribution in [0.4, 0.5) is 0 Å². The monoisotopic (exact) mass is 666 g/mol. The number of aromatic hydroxyl groups is 2. The molecule has 0 fully saturated rings. The molecule has 6 nitrogen and oxygen atoms in total. The van der Waals surface area contributed by atoms with E-state index in [0.717, 1.165) is 95.5 Å². The molecule has 0 heterocycles. The molecular formula is C44H42O6. The summed E-state index contributed by atoms with van der Waals surface area (Å²) in [6, 6.07) is 21.5. The van der Waals surface area contributed by atoms with Gasteiger partial charge in [-0.15, -0.1) is 0 Å². The van der Waals surface area contributed by atoms with Crippen molar-refractivity contribution in [2.24, 2.45) is 0 Å². The molecule has 0 aliphatic carbocycles. The fourth-order valence-corrected chi connectivity index (χ4v) is 5.77. The Kier molecular flexibility index (Phi) is 12.5. The van der Waals surface area contributed by atoms with Gasteiger partial charge in [-0.2, -0.15) is 0 Å². The summed E-state index contributed by atoms with van der Waals surface area (Å²) in [5.74, 6) is 14.0. The van der Waals surface area contributed by atoms with Gasteiger partial charge in [0.15, 0.2) is 24.1 Å². The van der Waals surface area contributed by atoms with Gasteiger partial charge in [0.1, 0.15) is 11.5 Å². The van der Waals surface area contributed by atoms with Gasteiger partial charge in [-0.25, -0.2) is 0 Å². The third kappa shape index (κ3) is 8.84. The van der Waals surface area contributed by atoms with Crippen LogP contribution in [-0.4, -0.2) is 36.0 Å². The van der Waals surface area contributed by atoms with Crippen molar-refractivity contribution in [3.8, 4) is 46.7 Å². The van der Waals surface area contributed by atoms with Crippen molar-refractivity contribution < 1.29 is 29.3 Å². The van der Waals surface area contributed by atoms with E-state index >= 15 is 0 Å². The topological polar surface area (TPSA) is 93.1 Å². The maximum Gasteiger partial charge on any atom is 0.169 e. The Morgan fingerprint density at radius 3 is 1.26 bits per heavy atom. The maximum absolute atomic E-state index is 11.4. The van der Waals surface area contributed by atoms with Crippen LogP contribution in [0.3, 0.4) is 0 Å². The predicted octanol–water partition coefficient (Wildman–Crippen LogP) is 9.75. The van der Waals surface area contributed by atoms with Crippen molar-refractivity contribution in [1.29, 1.82) is 0 Å². The van der Waals surface area contributed by atoms with Crippen LogP contribution in [0.25, 0.3) is 21.5 Å². The van der Waals surface area contributed by atoms with Gasteiger partial charge >= 0.3 is 0 Å². The summed E-state index contributed by atoms with van der Waals surface area (Å²) in [6.45, 7) is 5.54. The summed E-state index contributed by atoms with van der Waals surface area (Å²) < 4.78 is 13.1. The lowest BCUT2D eigenvalue weighted by atomic mass is 9.96. The summed E-state index contributed by atoms with van der Waals surface area (Å²) in [5.41, 5.74) is 3.14. The zero-order valence-electron chi connectivity index (χ0n) is 28.7. The Morgan fingerprint density at radius 2 is 0.880 bits per heavy atom. The quantitative estimate of drug-likeness (QED) is 0.0531. The zero-order valence-corrected chi connectivity index (χ0v) is 28.7. The average molecular weight is 667 g/mol. The first-order valence-electron chi connectivity index (χ1n) is 17.3. The van der Waals surface area contributed by atoms with Crippen LogP contribution < -0.4 is 9.47 Å². The van der Waals surface area contributed by atoms with Crippen molar-refractivity contribution >= 4 is 34.1 Å². The van der Waals surface area contributed by atoms with Crippen LogP contribution >= 0.6 is 0 Å². The minimum Gasteiger partial charge on any atom is -0.507 e. The van der Waals surface area contributed by atoms with Gasteiger partial charge in [0, 0.05) is 33.0 Å². The molecule has 6 heteroatoms. The summed E-state index contributed by atoms with van der Waals surface area (Å²) in [7, 11) is 0. The largest absolute Gasteiger partial charge is 0.507 e. The number of phenolic OH excluding ortho intramolecular Hbond substituents is 2. The molecular weight excluding hydrogens is 624 g/mol. The Labute approximate surface area is 294 Å². The SMILES string of the molecule is CCCCCCOc1c(OCCCCCC)c2ccc(C#Cc3ccc(O)c(C=O)c3)cc2c2cc(C#Cc3ccc(O)c(C=O)c3)ccc12. The van der Waals surface area contributed by atoms with Crippen molar-refractivity contribution in [3.63, 3.8) is 0 Å². The highest BCUT2D eigenvalue weighted by molar-refractivity contribution is 6.14. The molecule has 0 saturated heterocycles. The lowest BCUT2D eigenvalue weighted by Gasteiger charge is -2.19. The molecule has 0 aromatic heterocycles. The van der Waals surface area contributed by atoms with Crippen LogP contribution in [0.15, 0.2) is 72.8 Å². The number of rotatable bonds is 14. The number of carbonyl (C=O) groups is 2. The highest BCUT2D eigenvalue weighted by Gasteiger charge is 2.18. The van der Waals surface area contributed by atoms with Gasteiger partial charge in [-0.05, 0) is 96.4 Å². The lowest BCUT2D eigenvalue weighted by Crippen LogP contribution is -2.04. The third-order valence-corrected chi connectivity index (χ3v) is 8.52. The molecule has 0 bridgehead atoms. The molecule has 0 radical (unpaired) electrons. The molecule has 50 heavy (non-hydrogen) atoms. The van der Waals surface area contributed by atoms with Gasteiger partial charge in [0.25, 0.3) is 0 Å². The number of aldehydes is 2. The Hall–Kier alpha value is -5.72. The standard InChI is InChI=1S/C44H42O6/c1-3-5-7-9-23-49-43-37-19-15-33(13-11-31-17-21-41(47)35(25-31)29-45)27-39(37)40-28-34(14-12-32-18-22-42(48)36(26-32)30-46)16-20-38(40)44(43)50-24-10-8-6-4-2/h15-22,25-30,47-48H,3-10,23-24H2,1-2H3. The zero-order chi connectivity index (χ0) is 35.3. The van der Waals surface area contributed by atoms with Gasteiger partial charge in [0.05, 0.1) is 24.3 Å². The van der Waals surface area contributed by atoms with E-state index in [1.165, 1.54) is 12.1 Å². The van der Waals surface area contributed by atoms with Crippen molar-refractivity contribution in [2.45, 2.75) is 65.2 Å². The molecule has 0 saturated carbocycles. The van der Waals surface area contributed by atoms with Gasteiger partial charge < -0.3 is 19.7 Å². The van der Waals surface area contributed by atoms with Gasteiger partial charge in [0.2, 0.25) is 0 Å². The minimum absolute atomic E-state index is 0.0816. The number of ether oxygens (including phenoxy) is 2. The molecule has 0 aliphatic heterocycles. The number of hydrogen-bond donors (Lipinski definition) is 2. The molecule has 5 aromatic rings. The van der Waals surface area contributed by atoms with Crippen molar-refractivity contribution in [3.05, 3.63) is 106 Å². The second-order valence-corrected chi connectivity index (χ2v) is 12.3. The number of unbranched alkanes of at least 4 members (excludes halogenated alkanes) is 6. The van der Waals surface area contributed by atoms with Crippen molar-refractivity contribution in [1.82, 2.24) is 0 Å². The van der Waals surface area contributed by atoms with Crippen LogP contribution in [0.5, 0.6) is 23.0 Å². The van der Waals surface area contributed by atoms with E-state index in [4.69, 9.17) is 9.47 Å². The van der Waals surface area contributed by atoms with Crippen molar-refractivity contribution in [2.75, 3.05) is 13.2 Å². The average Bonchev–Trinajstić information content (AvgIpc) is 3.14. The molecule has 0 unspecified atom stereocenters. The first kappa shape index (κ1) is 35.6. The summed E-state index contributed by atoms with van der Waals surface area (Å²) >= 11 is 0. The molecule has 5 rings (SSSR count). The fourth-order valence-electron chi connectivity index (χ4n) is 5.77. The van der Waals surface area contributed by atoms with Crippen LogP contribution in [0.1, 0.15) is 108 Å². The Balaban J connectivity index is 1.64. The van der Waals surface area contributed by atoms with Gasteiger partial charge in [-0.3, -0.25) is 9.59 Å². The predicted molar refractivity (Wildman–Crippen MR) is 200 cm³/mol. The summed E-state index contributed by atoms with van der Waals surface area (Å²) in [5, 5.41) is 23.5. The molecule has 5 aromatic carbocycles. The summed E-state index contributed by atoms with van der Waals surface area (Å²) in [6.07, 6.45) is 9.90. The Bertz CT molecular complexity index is 1970. The van der Waals surface area contributed by atoms with E-state index in [0.29, 0.717) is 36.9 Å². The van der Waals surface area contributed by atoms with Gasteiger partial charge in [-0.1, -0.05) is 76.1 Å². The van der Waals surface area contributed by atoms with E-state index in [2.05, 4.69) is 37.5 Å².